The average Bonchev–Trinajstić information content (AvgIpc) is 2.22. The quantitative estimate of drug-likeness (QED) is 0.809. The summed E-state index contributed by atoms with van der Waals surface area (Å²) in [5.41, 5.74) is 13.1. The molecule has 0 unspecified atom stereocenters. The van der Waals surface area contributed by atoms with Crippen molar-refractivity contribution in [1.82, 2.24) is 4.98 Å². The van der Waals surface area contributed by atoms with E-state index in [0.717, 1.165) is 18.9 Å². The van der Waals surface area contributed by atoms with Crippen LogP contribution in [0, 0.1) is 5.41 Å². The van der Waals surface area contributed by atoms with Gasteiger partial charge in [0.15, 0.2) is 0 Å². The van der Waals surface area contributed by atoms with E-state index in [0.29, 0.717) is 16.8 Å². The maximum Gasteiger partial charge on any atom is 0.130 e. The zero-order chi connectivity index (χ0) is 11.8. The van der Waals surface area contributed by atoms with Crippen molar-refractivity contribution >= 4 is 29.6 Å². The lowest BCUT2D eigenvalue weighted by atomic mass is 9.83. The van der Waals surface area contributed by atoms with Crippen molar-refractivity contribution in [2.24, 2.45) is 5.41 Å². The Kier molecular flexibility index (Phi) is 4.09. The van der Waals surface area contributed by atoms with Gasteiger partial charge in [-0.25, -0.2) is 4.98 Å². The zero-order valence-electron chi connectivity index (χ0n) is 10.4. The highest BCUT2D eigenvalue weighted by molar-refractivity contribution is 5.85. The molecule has 17 heavy (non-hydrogen) atoms. The molecule has 96 valence electrons. The van der Waals surface area contributed by atoms with Crippen LogP contribution < -0.4 is 16.4 Å². The minimum absolute atomic E-state index is 0. The van der Waals surface area contributed by atoms with Gasteiger partial charge in [0.05, 0.1) is 17.6 Å². The summed E-state index contributed by atoms with van der Waals surface area (Å²) in [5.74, 6) is 0.946. The number of hydrogen-bond donors (Lipinski definition) is 2. The third-order valence-electron chi connectivity index (χ3n) is 3.39. The second-order valence-corrected chi connectivity index (χ2v) is 5.32. The average molecular weight is 257 g/mol. The number of rotatable bonds is 1. The van der Waals surface area contributed by atoms with Gasteiger partial charge in [-0.15, -0.1) is 12.4 Å². The van der Waals surface area contributed by atoms with E-state index in [2.05, 4.69) is 23.7 Å². The van der Waals surface area contributed by atoms with Crippen molar-refractivity contribution in [3.63, 3.8) is 0 Å². The Morgan fingerprint density at radius 1 is 1.18 bits per heavy atom. The Labute approximate surface area is 109 Å². The van der Waals surface area contributed by atoms with Crippen LogP contribution in [0.4, 0.5) is 17.2 Å². The van der Waals surface area contributed by atoms with E-state index < -0.39 is 0 Å². The number of nitrogens with zero attached hydrogens (tertiary/aromatic N) is 2. The van der Waals surface area contributed by atoms with E-state index in [1.165, 1.54) is 12.8 Å². The van der Waals surface area contributed by atoms with E-state index in [1.807, 2.05) is 6.07 Å². The number of piperidine rings is 1. The predicted molar refractivity (Wildman–Crippen MR) is 75.5 cm³/mol. The van der Waals surface area contributed by atoms with Crippen LogP contribution in [0.3, 0.4) is 0 Å². The Morgan fingerprint density at radius 3 is 2.29 bits per heavy atom. The smallest absolute Gasteiger partial charge is 0.130 e. The van der Waals surface area contributed by atoms with Crippen LogP contribution in [0.25, 0.3) is 0 Å². The summed E-state index contributed by atoms with van der Waals surface area (Å²) in [6.45, 7) is 6.72. The topological polar surface area (TPSA) is 68.2 Å². The SMILES string of the molecule is CC1(C)CCN(c2cc(N)c(N)cn2)CC1.Cl. The number of aromatic nitrogens is 1. The second-order valence-electron chi connectivity index (χ2n) is 5.32. The number of hydrogen-bond acceptors (Lipinski definition) is 4. The molecule has 0 spiro atoms. The molecule has 0 atom stereocenters. The van der Waals surface area contributed by atoms with Gasteiger partial charge < -0.3 is 16.4 Å². The standard InChI is InChI=1S/C12H20N4.ClH/c1-12(2)3-5-16(6-4-12)11-7-9(13)10(14)8-15-11;/h7-8H,3-6,14H2,1-2H3,(H2,13,15);1H. The van der Waals surface area contributed by atoms with Gasteiger partial charge in [-0.2, -0.15) is 0 Å². The number of nitrogens with two attached hydrogens (primary N) is 2. The molecular formula is C12H21ClN4. The summed E-state index contributed by atoms with van der Waals surface area (Å²) in [4.78, 5) is 6.61. The van der Waals surface area contributed by atoms with Crippen LogP contribution in [-0.4, -0.2) is 18.1 Å². The van der Waals surface area contributed by atoms with Crippen LogP contribution in [0.1, 0.15) is 26.7 Å². The third-order valence-corrected chi connectivity index (χ3v) is 3.39. The molecule has 0 aromatic carbocycles. The summed E-state index contributed by atoms with van der Waals surface area (Å²) >= 11 is 0. The van der Waals surface area contributed by atoms with E-state index in [-0.39, 0.29) is 12.4 Å². The number of pyridine rings is 1. The highest BCUT2D eigenvalue weighted by Crippen LogP contribution is 2.32. The number of halogens is 1. The molecule has 1 aromatic rings. The highest BCUT2D eigenvalue weighted by atomic mass is 35.5. The van der Waals surface area contributed by atoms with Gasteiger partial charge in [-0.05, 0) is 18.3 Å². The normalized spacial score (nSPS) is 18.6. The molecule has 2 heterocycles. The van der Waals surface area contributed by atoms with E-state index in [1.54, 1.807) is 6.20 Å². The third kappa shape index (κ3) is 3.16. The molecule has 0 amide bonds. The molecule has 0 saturated carbocycles. The molecule has 2 rings (SSSR count). The molecule has 0 radical (unpaired) electrons. The van der Waals surface area contributed by atoms with Crippen molar-refractivity contribution in [1.29, 1.82) is 0 Å². The van der Waals surface area contributed by atoms with Gasteiger partial charge in [-0.1, -0.05) is 13.8 Å². The summed E-state index contributed by atoms with van der Waals surface area (Å²) in [5, 5.41) is 0. The molecule has 5 heteroatoms. The fourth-order valence-electron chi connectivity index (χ4n) is 1.98. The van der Waals surface area contributed by atoms with Crippen molar-refractivity contribution in [3.05, 3.63) is 12.3 Å². The minimum Gasteiger partial charge on any atom is -0.397 e. The molecule has 1 fully saturated rings. The van der Waals surface area contributed by atoms with E-state index in [4.69, 9.17) is 11.5 Å². The van der Waals surface area contributed by atoms with Crippen molar-refractivity contribution < 1.29 is 0 Å². The van der Waals surface area contributed by atoms with Crippen LogP contribution >= 0.6 is 12.4 Å². The first-order chi connectivity index (χ1) is 7.48. The fourth-order valence-corrected chi connectivity index (χ4v) is 1.98. The Morgan fingerprint density at radius 2 is 1.76 bits per heavy atom. The van der Waals surface area contributed by atoms with Gasteiger partial charge in [0.1, 0.15) is 5.82 Å². The maximum atomic E-state index is 5.79. The van der Waals surface area contributed by atoms with Gasteiger partial charge in [-0.3, -0.25) is 0 Å². The van der Waals surface area contributed by atoms with Crippen LogP contribution in [-0.2, 0) is 0 Å². The van der Waals surface area contributed by atoms with Gasteiger partial charge in [0.2, 0.25) is 0 Å². The largest absolute Gasteiger partial charge is 0.397 e. The Hall–Kier alpha value is -1.16. The predicted octanol–water partition coefficient (Wildman–Crippen LogP) is 2.29. The lowest BCUT2D eigenvalue weighted by Crippen LogP contribution is -2.37. The maximum absolute atomic E-state index is 5.79. The molecule has 0 bridgehead atoms. The fraction of sp³-hybridized carbons (Fsp3) is 0.583. The Balaban J connectivity index is 0.00000144. The van der Waals surface area contributed by atoms with Crippen LogP contribution in [0.5, 0.6) is 0 Å². The first-order valence-electron chi connectivity index (χ1n) is 5.74. The van der Waals surface area contributed by atoms with Crippen LogP contribution in [0.15, 0.2) is 12.3 Å². The lowest BCUT2D eigenvalue weighted by molar-refractivity contribution is 0.279. The number of nitrogen functional groups attached to an aromatic ring is 2. The number of anilines is 3. The lowest BCUT2D eigenvalue weighted by Gasteiger charge is -2.37. The van der Waals surface area contributed by atoms with E-state index >= 15 is 0 Å². The van der Waals surface area contributed by atoms with Crippen LogP contribution in [0.2, 0.25) is 0 Å². The van der Waals surface area contributed by atoms with Gasteiger partial charge in [0, 0.05) is 19.2 Å². The molecule has 1 aliphatic rings. The molecule has 0 aliphatic carbocycles. The molecular weight excluding hydrogens is 236 g/mol. The Bertz CT molecular complexity index is 382. The van der Waals surface area contributed by atoms with Crippen molar-refractivity contribution in [2.45, 2.75) is 26.7 Å². The minimum atomic E-state index is 0. The highest BCUT2D eigenvalue weighted by Gasteiger charge is 2.25. The summed E-state index contributed by atoms with van der Waals surface area (Å²) in [6.07, 6.45) is 4.03. The van der Waals surface area contributed by atoms with E-state index in [9.17, 15) is 0 Å². The summed E-state index contributed by atoms with van der Waals surface area (Å²) < 4.78 is 0. The molecule has 1 saturated heterocycles. The summed E-state index contributed by atoms with van der Waals surface area (Å²) in [7, 11) is 0. The first kappa shape index (κ1) is 13.9. The van der Waals surface area contributed by atoms with Crippen molar-refractivity contribution in [3.8, 4) is 0 Å². The first-order valence-corrected chi connectivity index (χ1v) is 5.74. The second kappa shape index (κ2) is 5.00. The van der Waals surface area contributed by atoms with Gasteiger partial charge >= 0.3 is 0 Å². The molecule has 1 aromatic heterocycles. The molecule has 1 aliphatic heterocycles. The van der Waals surface area contributed by atoms with Crippen molar-refractivity contribution in [2.75, 3.05) is 29.5 Å². The molecule has 4 nitrogen and oxygen atoms in total. The summed E-state index contributed by atoms with van der Waals surface area (Å²) in [6, 6.07) is 1.87. The molecule has 4 N–H and O–H groups in total. The monoisotopic (exact) mass is 256 g/mol. The zero-order valence-corrected chi connectivity index (χ0v) is 11.3. The van der Waals surface area contributed by atoms with Gasteiger partial charge in [0.25, 0.3) is 0 Å².